The second kappa shape index (κ2) is 10.3. The molecule has 3 aromatic rings. The van der Waals surface area contributed by atoms with Crippen molar-refractivity contribution >= 4 is 17.4 Å². The number of ether oxygens (including phenoxy) is 2. The predicted molar refractivity (Wildman–Crippen MR) is 122 cm³/mol. The number of carbonyl (C=O) groups excluding carboxylic acids is 1. The van der Waals surface area contributed by atoms with Crippen LogP contribution in [0.2, 0.25) is 0 Å². The molecule has 0 spiro atoms. The quantitative estimate of drug-likeness (QED) is 0.529. The Morgan fingerprint density at radius 1 is 1.06 bits per heavy atom. The first-order chi connectivity index (χ1) is 16.3. The maximum absolute atomic E-state index is 12.6. The average Bonchev–Trinajstić information content (AvgIpc) is 3.57. The van der Waals surface area contributed by atoms with E-state index in [-0.39, 0.29) is 12.2 Å². The summed E-state index contributed by atoms with van der Waals surface area (Å²) in [4.78, 5) is 19.3. The minimum Gasteiger partial charge on any atom is -0.463 e. The van der Waals surface area contributed by atoms with Crippen LogP contribution in [0.5, 0.6) is 5.75 Å². The zero-order valence-electron chi connectivity index (χ0n) is 18.5. The van der Waals surface area contributed by atoms with E-state index in [4.69, 9.17) is 14.5 Å². The molecule has 174 valence electrons. The van der Waals surface area contributed by atoms with E-state index in [0.29, 0.717) is 19.0 Å². The van der Waals surface area contributed by atoms with Gasteiger partial charge in [-0.1, -0.05) is 24.6 Å². The normalized spacial score (nSPS) is 18.7. The van der Waals surface area contributed by atoms with Crippen molar-refractivity contribution in [3.05, 3.63) is 52.7 Å². The second-order valence-corrected chi connectivity index (χ2v) is 9.48. The Labute approximate surface area is 196 Å². The van der Waals surface area contributed by atoms with Gasteiger partial charge in [-0.15, -0.1) is 16.4 Å². The zero-order chi connectivity index (χ0) is 22.5. The van der Waals surface area contributed by atoms with Crippen molar-refractivity contribution in [1.29, 1.82) is 0 Å². The molecule has 1 aliphatic heterocycles. The highest BCUT2D eigenvalue weighted by Gasteiger charge is 2.29. The summed E-state index contributed by atoms with van der Waals surface area (Å²) in [5.41, 5.74) is 0.769. The first-order valence-electron chi connectivity index (χ1n) is 11.6. The summed E-state index contributed by atoms with van der Waals surface area (Å²) in [7, 11) is 0. The fourth-order valence-corrected chi connectivity index (χ4v) is 5.46. The van der Waals surface area contributed by atoms with Gasteiger partial charge in [0.2, 0.25) is 6.23 Å². The van der Waals surface area contributed by atoms with Gasteiger partial charge in [-0.05, 0) is 61.1 Å². The number of benzene rings is 1. The maximum atomic E-state index is 12.6. The van der Waals surface area contributed by atoms with E-state index >= 15 is 0 Å². The van der Waals surface area contributed by atoms with Crippen LogP contribution in [0.1, 0.15) is 67.8 Å². The van der Waals surface area contributed by atoms with Gasteiger partial charge >= 0.3 is 6.09 Å². The standard InChI is InChI=1S/C23H28N6O3S/c30-23(32-19-9-5-2-6-10-19)28-13-11-17(12-14-28)21-25-20(15-33-21)22(29-16-24-26-27-29)31-18-7-3-1-4-8-18/h1,3-4,7-8,15-17,19,22H,2,5-6,9-14H2. The van der Waals surface area contributed by atoms with E-state index < -0.39 is 6.23 Å². The van der Waals surface area contributed by atoms with Gasteiger partial charge in [-0.3, -0.25) is 0 Å². The van der Waals surface area contributed by atoms with E-state index in [1.807, 2.05) is 40.6 Å². The number of nitrogens with zero attached hydrogens (tertiary/aromatic N) is 6. The third kappa shape index (κ3) is 5.32. The summed E-state index contributed by atoms with van der Waals surface area (Å²) in [5.74, 6) is 1.03. The van der Waals surface area contributed by atoms with Gasteiger partial charge in [-0.2, -0.15) is 4.68 Å². The molecular formula is C23H28N6O3S. The fraction of sp³-hybridized carbons (Fsp3) is 0.522. The molecule has 5 rings (SSSR count). The molecule has 9 nitrogen and oxygen atoms in total. The van der Waals surface area contributed by atoms with Crippen LogP contribution >= 0.6 is 11.3 Å². The van der Waals surface area contributed by atoms with Crippen LogP contribution in [0.15, 0.2) is 42.0 Å². The highest BCUT2D eigenvalue weighted by molar-refractivity contribution is 7.09. The van der Waals surface area contributed by atoms with Crippen molar-refractivity contribution in [3.8, 4) is 5.75 Å². The highest BCUT2D eigenvalue weighted by Crippen LogP contribution is 2.33. The summed E-state index contributed by atoms with van der Waals surface area (Å²) < 4.78 is 13.5. The summed E-state index contributed by atoms with van der Waals surface area (Å²) in [6.07, 6.45) is 8.24. The van der Waals surface area contributed by atoms with E-state index in [0.717, 1.165) is 55.0 Å². The van der Waals surface area contributed by atoms with E-state index in [2.05, 4.69) is 15.5 Å². The molecule has 0 bridgehead atoms. The monoisotopic (exact) mass is 468 g/mol. The molecule has 2 aliphatic rings. The molecule has 2 fully saturated rings. The van der Waals surface area contributed by atoms with Crippen molar-refractivity contribution in [1.82, 2.24) is 30.1 Å². The smallest absolute Gasteiger partial charge is 0.410 e. The van der Waals surface area contributed by atoms with Crippen molar-refractivity contribution < 1.29 is 14.3 Å². The highest BCUT2D eigenvalue weighted by atomic mass is 32.1. The summed E-state index contributed by atoms with van der Waals surface area (Å²) in [6, 6.07) is 9.58. The Hall–Kier alpha value is -3.01. The summed E-state index contributed by atoms with van der Waals surface area (Å²) >= 11 is 1.62. The van der Waals surface area contributed by atoms with Crippen LogP contribution in [-0.2, 0) is 4.74 Å². The Kier molecular flexibility index (Phi) is 6.80. The largest absolute Gasteiger partial charge is 0.463 e. The number of hydrogen-bond donors (Lipinski definition) is 0. The van der Waals surface area contributed by atoms with E-state index in [1.165, 1.54) is 12.7 Å². The molecule has 0 N–H and O–H groups in total. The molecule has 1 saturated heterocycles. The number of rotatable bonds is 6. The lowest BCUT2D eigenvalue weighted by Crippen LogP contribution is -2.40. The lowest BCUT2D eigenvalue weighted by Gasteiger charge is -2.32. The Bertz CT molecular complexity index is 1010. The van der Waals surface area contributed by atoms with Gasteiger partial charge in [0.1, 0.15) is 23.9 Å². The van der Waals surface area contributed by atoms with Gasteiger partial charge < -0.3 is 14.4 Å². The third-order valence-electron chi connectivity index (χ3n) is 6.31. The Balaban J connectivity index is 1.21. The SMILES string of the molecule is O=C(OC1CCCCC1)N1CCC(c2nc(C(Oc3ccccc3)n3cnnn3)cs2)CC1. The zero-order valence-corrected chi connectivity index (χ0v) is 19.3. The minimum atomic E-state index is -0.544. The molecular weight excluding hydrogens is 440 g/mol. The number of para-hydroxylation sites is 1. The average molecular weight is 469 g/mol. The number of tetrazole rings is 1. The van der Waals surface area contributed by atoms with E-state index in [9.17, 15) is 4.79 Å². The maximum Gasteiger partial charge on any atom is 0.410 e. The predicted octanol–water partition coefficient (Wildman–Crippen LogP) is 4.40. The molecule has 0 radical (unpaired) electrons. The number of thiazole rings is 1. The molecule has 1 aromatic carbocycles. The number of hydrogen-bond acceptors (Lipinski definition) is 8. The molecule has 1 saturated carbocycles. The van der Waals surface area contributed by atoms with E-state index in [1.54, 1.807) is 16.0 Å². The third-order valence-corrected chi connectivity index (χ3v) is 7.34. The van der Waals surface area contributed by atoms with Crippen molar-refractivity contribution in [2.75, 3.05) is 13.1 Å². The molecule has 10 heteroatoms. The minimum absolute atomic E-state index is 0.0957. The number of likely N-dealkylation sites (tertiary alicyclic amines) is 1. The summed E-state index contributed by atoms with van der Waals surface area (Å²) in [6.45, 7) is 1.39. The van der Waals surface area contributed by atoms with Crippen LogP contribution in [0.25, 0.3) is 0 Å². The van der Waals surface area contributed by atoms with Crippen molar-refractivity contribution in [2.45, 2.75) is 63.2 Å². The van der Waals surface area contributed by atoms with Gasteiger partial charge in [0.15, 0.2) is 0 Å². The van der Waals surface area contributed by atoms with Crippen LogP contribution in [0.4, 0.5) is 4.79 Å². The Morgan fingerprint density at radius 3 is 2.58 bits per heavy atom. The van der Waals surface area contributed by atoms with Gasteiger partial charge in [0.25, 0.3) is 0 Å². The number of amides is 1. The molecule has 3 heterocycles. The van der Waals surface area contributed by atoms with Crippen LogP contribution in [-0.4, -0.2) is 55.4 Å². The van der Waals surface area contributed by atoms with Crippen LogP contribution in [0, 0.1) is 0 Å². The van der Waals surface area contributed by atoms with Gasteiger partial charge in [0, 0.05) is 24.4 Å². The van der Waals surface area contributed by atoms with Gasteiger partial charge in [0.05, 0.1) is 5.01 Å². The first kappa shape index (κ1) is 21.8. The lowest BCUT2D eigenvalue weighted by molar-refractivity contribution is 0.0405. The molecule has 1 atom stereocenters. The Morgan fingerprint density at radius 2 is 1.85 bits per heavy atom. The van der Waals surface area contributed by atoms with Gasteiger partial charge in [-0.25, -0.2) is 9.78 Å². The number of aromatic nitrogens is 5. The van der Waals surface area contributed by atoms with Crippen LogP contribution < -0.4 is 4.74 Å². The topological polar surface area (TPSA) is 95.3 Å². The second-order valence-electron chi connectivity index (χ2n) is 8.59. The van der Waals surface area contributed by atoms with Crippen LogP contribution in [0.3, 0.4) is 0 Å². The number of carbonyl (C=O) groups is 1. The molecule has 33 heavy (non-hydrogen) atoms. The summed E-state index contributed by atoms with van der Waals surface area (Å²) in [5, 5.41) is 14.6. The molecule has 2 aromatic heterocycles. The fourth-order valence-electron chi connectivity index (χ4n) is 4.46. The molecule has 1 unspecified atom stereocenters. The lowest BCUT2D eigenvalue weighted by atomic mass is 9.97. The van der Waals surface area contributed by atoms with Crippen molar-refractivity contribution in [2.24, 2.45) is 0 Å². The molecule has 1 amide bonds. The first-order valence-corrected chi connectivity index (χ1v) is 12.5. The number of piperidine rings is 1. The molecule has 1 aliphatic carbocycles. The van der Waals surface area contributed by atoms with Crippen molar-refractivity contribution in [3.63, 3.8) is 0 Å².